The van der Waals surface area contributed by atoms with Gasteiger partial charge in [-0.3, -0.25) is 0 Å². The first-order valence-electron chi connectivity index (χ1n) is 5.68. The van der Waals surface area contributed by atoms with Gasteiger partial charge in [0.15, 0.2) is 0 Å². The summed E-state index contributed by atoms with van der Waals surface area (Å²) in [7, 11) is 0. The minimum atomic E-state index is 0.256. The van der Waals surface area contributed by atoms with E-state index in [0.717, 1.165) is 11.3 Å². The topological polar surface area (TPSA) is 52.0 Å². The summed E-state index contributed by atoms with van der Waals surface area (Å²) in [6.45, 7) is 0. The highest BCUT2D eigenvalue weighted by molar-refractivity contribution is 5.69. The lowest BCUT2D eigenvalue weighted by Crippen LogP contribution is -2.01. The molecule has 0 aliphatic heterocycles. The second-order valence-electron chi connectivity index (χ2n) is 4.35. The maximum absolute atomic E-state index is 6.04. The Bertz CT molecular complexity index is 600. The summed E-state index contributed by atoms with van der Waals surface area (Å²) >= 11 is 0. The monoisotopic (exact) mass is 222 g/mol. The molecule has 2 nitrogen and oxygen atoms in total. The Labute approximate surface area is 101 Å². The summed E-state index contributed by atoms with van der Waals surface area (Å²) in [5, 5.41) is 0. The molecular weight excluding hydrogens is 208 g/mol. The Kier molecular flexibility index (Phi) is 2.15. The Morgan fingerprint density at radius 2 is 1.71 bits per heavy atom. The van der Waals surface area contributed by atoms with Crippen LogP contribution in [0, 0.1) is 0 Å². The fourth-order valence-corrected chi connectivity index (χ4v) is 2.40. The van der Waals surface area contributed by atoms with E-state index in [0.29, 0.717) is 5.69 Å². The number of benzene rings is 2. The van der Waals surface area contributed by atoms with Gasteiger partial charge in [-0.05, 0) is 28.8 Å². The number of fused-ring (bicyclic) bond motifs is 1. The van der Waals surface area contributed by atoms with Crippen molar-refractivity contribution < 1.29 is 0 Å². The predicted molar refractivity (Wildman–Crippen MR) is 72.6 cm³/mol. The fraction of sp³-hybridized carbons (Fsp3) is 0.0667. The number of rotatable bonds is 1. The fourth-order valence-electron chi connectivity index (χ4n) is 2.40. The van der Waals surface area contributed by atoms with Crippen molar-refractivity contribution in [3.8, 4) is 0 Å². The van der Waals surface area contributed by atoms with Crippen molar-refractivity contribution in [2.75, 3.05) is 11.5 Å². The van der Waals surface area contributed by atoms with E-state index >= 15 is 0 Å². The first kappa shape index (κ1) is 9.97. The van der Waals surface area contributed by atoms with Crippen LogP contribution < -0.4 is 11.5 Å². The van der Waals surface area contributed by atoms with E-state index in [2.05, 4.69) is 36.4 Å². The van der Waals surface area contributed by atoms with Crippen LogP contribution in [0.25, 0.3) is 6.08 Å². The van der Waals surface area contributed by atoms with Gasteiger partial charge >= 0.3 is 0 Å². The number of nitrogens with two attached hydrogens (primary N) is 2. The zero-order valence-corrected chi connectivity index (χ0v) is 9.43. The van der Waals surface area contributed by atoms with Crippen molar-refractivity contribution in [2.45, 2.75) is 5.92 Å². The molecule has 0 bridgehead atoms. The molecule has 0 radical (unpaired) electrons. The van der Waals surface area contributed by atoms with Crippen LogP contribution in [0.5, 0.6) is 0 Å². The lowest BCUT2D eigenvalue weighted by atomic mass is 9.92. The zero-order chi connectivity index (χ0) is 11.8. The molecule has 2 heteroatoms. The van der Waals surface area contributed by atoms with E-state index in [1.807, 2.05) is 18.2 Å². The third-order valence-corrected chi connectivity index (χ3v) is 3.25. The van der Waals surface area contributed by atoms with Crippen LogP contribution in [0.4, 0.5) is 11.4 Å². The van der Waals surface area contributed by atoms with Crippen molar-refractivity contribution >= 4 is 17.5 Å². The van der Waals surface area contributed by atoms with Gasteiger partial charge in [0.05, 0.1) is 0 Å². The molecule has 1 aliphatic rings. The molecule has 2 aromatic carbocycles. The number of anilines is 2. The summed E-state index contributed by atoms with van der Waals surface area (Å²) < 4.78 is 0. The maximum atomic E-state index is 6.04. The van der Waals surface area contributed by atoms with Gasteiger partial charge in [-0.15, -0.1) is 0 Å². The highest BCUT2D eigenvalue weighted by Gasteiger charge is 2.20. The van der Waals surface area contributed by atoms with Gasteiger partial charge in [-0.2, -0.15) is 0 Å². The third-order valence-electron chi connectivity index (χ3n) is 3.25. The van der Waals surface area contributed by atoms with Crippen LogP contribution in [0.1, 0.15) is 22.6 Å². The van der Waals surface area contributed by atoms with Crippen LogP contribution in [-0.4, -0.2) is 0 Å². The summed E-state index contributed by atoms with van der Waals surface area (Å²) in [6.07, 6.45) is 4.34. The van der Waals surface area contributed by atoms with Gasteiger partial charge in [-0.25, -0.2) is 0 Å². The summed E-state index contributed by atoms with van der Waals surface area (Å²) in [5.74, 6) is 0.256. The van der Waals surface area contributed by atoms with Crippen LogP contribution >= 0.6 is 0 Å². The Hall–Kier alpha value is -2.22. The summed E-state index contributed by atoms with van der Waals surface area (Å²) in [6, 6.07) is 14.1. The van der Waals surface area contributed by atoms with E-state index in [9.17, 15) is 0 Å². The second kappa shape index (κ2) is 3.67. The number of hydrogen-bond donors (Lipinski definition) is 2. The van der Waals surface area contributed by atoms with E-state index in [-0.39, 0.29) is 5.92 Å². The zero-order valence-electron chi connectivity index (χ0n) is 9.43. The Balaban J connectivity index is 2.10. The molecule has 0 aromatic heterocycles. The first-order chi connectivity index (χ1) is 8.25. The van der Waals surface area contributed by atoms with Crippen LogP contribution in [-0.2, 0) is 0 Å². The van der Waals surface area contributed by atoms with Gasteiger partial charge in [0.1, 0.15) is 0 Å². The molecule has 0 saturated heterocycles. The van der Waals surface area contributed by atoms with Crippen LogP contribution in [0.2, 0.25) is 0 Å². The second-order valence-corrected chi connectivity index (χ2v) is 4.35. The first-order valence-corrected chi connectivity index (χ1v) is 5.68. The van der Waals surface area contributed by atoms with Crippen LogP contribution in [0.15, 0.2) is 48.5 Å². The smallest absolute Gasteiger partial charge is 0.0376 e. The van der Waals surface area contributed by atoms with Gasteiger partial charge in [0.25, 0.3) is 0 Å². The largest absolute Gasteiger partial charge is 0.399 e. The highest BCUT2D eigenvalue weighted by atomic mass is 14.6. The minimum Gasteiger partial charge on any atom is -0.399 e. The van der Waals surface area contributed by atoms with E-state index in [1.165, 1.54) is 11.1 Å². The van der Waals surface area contributed by atoms with Crippen LogP contribution in [0.3, 0.4) is 0 Å². The molecule has 0 saturated carbocycles. The quantitative estimate of drug-likeness (QED) is 0.729. The molecule has 2 aromatic rings. The van der Waals surface area contributed by atoms with Crippen molar-refractivity contribution in [1.29, 1.82) is 0 Å². The highest BCUT2D eigenvalue weighted by Crippen LogP contribution is 2.37. The average molecular weight is 222 g/mol. The number of hydrogen-bond acceptors (Lipinski definition) is 2. The SMILES string of the molecule is Nc1ccc(C2C=Cc3ccccc32)c(N)c1. The maximum Gasteiger partial charge on any atom is 0.0376 e. The summed E-state index contributed by atoms with van der Waals surface area (Å²) in [5.41, 5.74) is 16.9. The summed E-state index contributed by atoms with van der Waals surface area (Å²) in [4.78, 5) is 0. The Morgan fingerprint density at radius 1 is 0.882 bits per heavy atom. The molecule has 4 N–H and O–H groups in total. The lowest BCUT2D eigenvalue weighted by Gasteiger charge is -2.14. The molecule has 3 rings (SSSR count). The molecule has 1 aliphatic carbocycles. The molecular formula is C15H14N2. The van der Waals surface area contributed by atoms with Crippen molar-refractivity contribution in [3.05, 3.63) is 65.2 Å². The van der Waals surface area contributed by atoms with Gasteiger partial charge < -0.3 is 11.5 Å². The molecule has 0 spiro atoms. The number of allylic oxidation sites excluding steroid dienone is 1. The van der Waals surface area contributed by atoms with E-state index < -0.39 is 0 Å². The van der Waals surface area contributed by atoms with Gasteiger partial charge in [0, 0.05) is 17.3 Å². The molecule has 0 fully saturated rings. The van der Waals surface area contributed by atoms with Crippen molar-refractivity contribution in [2.24, 2.45) is 0 Å². The van der Waals surface area contributed by atoms with Crippen molar-refractivity contribution in [3.63, 3.8) is 0 Å². The Morgan fingerprint density at radius 3 is 2.53 bits per heavy atom. The number of nitrogen functional groups attached to an aromatic ring is 2. The van der Waals surface area contributed by atoms with Crippen molar-refractivity contribution in [1.82, 2.24) is 0 Å². The van der Waals surface area contributed by atoms with Gasteiger partial charge in [-0.1, -0.05) is 42.5 Å². The third kappa shape index (κ3) is 1.58. The lowest BCUT2D eigenvalue weighted by molar-refractivity contribution is 1.05. The van der Waals surface area contributed by atoms with Gasteiger partial charge in [0.2, 0.25) is 0 Å². The van der Waals surface area contributed by atoms with E-state index in [4.69, 9.17) is 11.5 Å². The normalized spacial score (nSPS) is 17.1. The molecule has 0 amide bonds. The molecule has 1 atom stereocenters. The molecule has 17 heavy (non-hydrogen) atoms. The minimum absolute atomic E-state index is 0.256. The molecule has 84 valence electrons. The predicted octanol–water partition coefficient (Wildman–Crippen LogP) is 3.01. The molecule has 0 heterocycles. The standard InChI is InChI=1S/C15H14N2/c16-11-6-8-14(15(17)9-11)13-7-5-10-3-1-2-4-12(10)13/h1-9,13H,16-17H2. The average Bonchev–Trinajstić information content (AvgIpc) is 2.73. The van der Waals surface area contributed by atoms with E-state index in [1.54, 1.807) is 0 Å². The molecule has 1 unspecified atom stereocenters.